The number of carboxylic acid groups (broad SMARTS) is 1. The molecule has 0 aromatic rings. The van der Waals surface area contributed by atoms with E-state index in [0.717, 1.165) is 0 Å². The largest absolute Gasteiger partial charge is 0.477 e. The minimum atomic E-state index is -4.24. The lowest BCUT2D eigenvalue weighted by Crippen LogP contribution is -2.49. The molecule has 2 atom stereocenters. The molecule has 1 aliphatic carbocycles. The van der Waals surface area contributed by atoms with Gasteiger partial charge in [-0.1, -0.05) is 19.3 Å². The average Bonchev–Trinajstić information content (AvgIpc) is 2.79. The Labute approximate surface area is 128 Å². The van der Waals surface area contributed by atoms with Crippen LogP contribution in [0.25, 0.3) is 0 Å². The molecule has 1 heterocycles. The molecule has 2 rings (SSSR count). The number of nitrogens with two attached hydrogens (primary N) is 1. The van der Waals surface area contributed by atoms with Crippen LogP contribution in [0.4, 0.5) is 8.78 Å². The highest BCUT2D eigenvalue weighted by atomic mass is 19.3. The number of rotatable bonds is 3. The van der Waals surface area contributed by atoms with E-state index in [-0.39, 0.29) is 6.61 Å². The summed E-state index contributed by atoms with van der Waals surface area (Å²) in [5.74, 6) is -7.71. The van der Waals surface area contributed by atoms with Crippen molar-refractivity contribution in [3.63, 3.8) is 0 Å². The molecule has 8 heteroatoms. The van der Waals surface area contributed by atoms with Gasteiger partial charge in [0.05, 0.1) is 6.61 Å². The molecule has 4 N–H and O–H groups in total. The van der Waals surface area contributed by atoms with Gasteiger partial charge in [0.25, 0.3) is 0 Å². The number of ether oxygens (including phenoxy) is 2. The minimum Gasteiger partial charge on any atom is -0.477 e. The highest BCUT2D eigenvalue weighted by molar-refractivity contribution is 5.76. The standard InChI is InChI=1S/C8H12F2O5.C6H13N/c1-7(2)14-3-4(15-7)5(11)8(9,10)6(12)13;7-6-4-2-1-3-5-6/h4-5,11H,3H2,1-2H3,(H,12,13);6H,1-5,7H2. The first kappa shape index (κ1) is 19.2. The second-order valence-electron chi connectivity index (χ2n) is 6.14. The summed E-state index contributed by atoms with van der Waals surface area (Å²) in [7, 11) is 0. The summed E-state index contributed by atoms with van der Waals surface area (Å²) in [6.45, 7) is 2.70. The third kappa shape index (κ3) is 5.42. The number of aliphatic carboxylic acids is 1. The predicted octanol–water partition coefficient (Wildman–Crippen LogP) is 1.50. The van der Waals surface area contributed by atoms with E-state index in [4.69, 9.17) is 25.4 Å². The summed E-state index contributed by atoms with van der Waals surface area (Å²) in [4.78, 5) is 10.2. The smallest absolute Gasteiger partial charge is 0.377 e. The van der Waals surface area contributed by atoms with E-state index >= 15 is 0 Å². The molecule has 0 amide bonds. The van der Waals surface area contributed by atoms with Gasteiger partial charge in [-0.25, -0.2) is 4.79 Å². The normalized spacial score (nSPS) is 26.9. The van der Waals surface area contributed by atoms with Gasteiger partial charge in [0.2, 0.25) is 0 Å². The molecule has 6 nitrogen and oxygen atoms in total. The Bertz CT molecular complexity index is 372. The topological polar surface area (TPSA) is 102 Å². The first-order valence-electron chi connectivity index (χ1n) is 7.43. The average molecular weight is 325 g/mol. The van der Waals surface area contributed by atoms with Crippen molar-refractivity contribution >= 4 is 5.97 Å². The van der Waals surface area contributed by atoms with Crippen LogP contribution in [-0.4, -0.2) is 52.7 Å². The fourth-order valence-electron chi connectivity index (χ4n) is 2.37. The molecule has 2 unspecified atom stereocenters. The minimum absolute atomic E-state index is 0.267. The van der Waals surface area contributed by atoms with E-state index in [1.165, 1.54) is 46.0 Å². The Morgan fingerprint density at radius 1 is 1.32 bits per heavy atom. The Morgan fingerprint density at radius 2 is 1.86 bits per heavy atom. The van der Waals surface area contributed by atoms with Crippen LogP contribution in [0.15, 0.2) is 0 Å². The van der Waals surface area contributed by atoms with Crippen molar-refractivity contribution in [1.82, 2.24) is 0 Å². The van der Waals surface area contributed by atoms with Gasteiger partial charge in [0.15, 0.2) is 11.9 Å². The third-order valence-corrected chi connectivity index (χ3v) is 3.69. The van der Waals surface area contributed by atoms with Gasteiger partial charge in [-0.15, -0.1) is 0 Å². The third-order valence-electron chi connectivity index (χ3n) is 3.69. The lowest BCUT2D eigenvalue weighted by molar-refractivity contribution is -0.206. The van der Waals surface area contributed by atoms with Crippen molar-refractivity contribution in [1.29, 1.82) is 0 Å². The first-order chi connectivity index (χ1) is 10.1. The summed E-state index contributed by atoms with van der Waals surface area (Å²) in [5.41, 5.74) is 5.63. The maximum atomic E-state index is 12.9. The first-order valence-corrected chi connectivity index (χ1v) is 7.43. The number of aliphatic hydroxyl groups excluding tert-OH is 1. The van der Waals surface area contributed by atoms with E-state index in [1.54, 1.807) is 0 Å². The number of carboxylic acids is 1. The summed E-state index contributed by atoms with van der Waals surface area (Å²) >= 11 is 0. The van der Waals surface area contributed by atoms with Crippen molar-refractivity contribution in [2.45, 2.75) is 75.9 Å². The molecule has 1 aliphatic heterocycles. The summed E-state index contributed by atoms with van der Waals surface area (Å²) < 4.78 is 35.6. The van der Waals surface area contributed by atoms with Crippen LogP contribution >= 0.6 is 0 Å². The molecule has 0 bridgehead atoms. The SMILES string of the molecule is CC1(C)OCC(C(O)C(F)(F)C(=O)O)O1.NC1CCCCC1. The summed E-state index contributed by atoms with van der Waals surface area (Å²) in [6, 6.07) is 0.536. The Balaban J connectivity index is 0.000000287. The molecule has 0 aromatic carbocycles. The van der Waals surface area contributed by atoms with Gasteiger partial charge in [0, 0.05) is 6.04 Å². The van der Waals surface area contributed by atoms with Crippen LogP contribution in [0.5, 0.6) is 0 Å². The van der Waals surface area contributed by atoms with Gasteiger partial charge in [0.1, 0.15) is 6.10 Å². The Morgan fingerprint density at radius 3 is 2.18 bits per heavy atom. The molecular weight excluding hydrogens is 300 g/mol. The van der Waals surface area contributed by atoms with E-state index < -0.39 is 29.9 Å². The molecule has 2 fully saturated rings. The van der Waals surface area contributed by atoms with Gasteiger partial charge < -0.3 is 25.4 Å². The molecule has 0 aromatic heterocycles. The van der Waals surface area contributed by atoms with Crippen LogP contribution in [0, 0.1) is 0 Å². The van der Waals surface area contributed by atoms with Crippen molar-refractivity contribution in [2.75, 3.05) is 6.61 Å². The van der Waals surface area contributed by atoms with E-state index in [2.05, 4.69) is 0 Å². The Hall–Kier alpha value is -0.830. The molecule has 22 heavy (non-hydrogen) atoms. The van der Waals surface area contributed by atoms with Gasteiger partial charge >= 0.3 is 11.9 Å². The second-order valence-corrected chi connectivity index (χ2v) is 6.14. The highest BCUT2D eigenvalue weighted by Gasteiger charge is 2.53. The fourth-order valence-corrected chi connectivity index (χ4v) is 2.37. The van der Waals surface area contributed by atoms with Crippen LogP contribution < -0.4 is 5.73 Å². The molecular formula is C14H25F2NO5. The molecule has 130 valence electrons. The molecule has 2 aliphatic rings. The number of aliphatic hydroxyl groups is 1. The Kier molecular flexibility index (Phi) is 6.66. The monoisotopic (exact) mass is 325 g/mol. The van der Waals surface area contributed by atoms with E-state index in [0.29, 0.717) is 6.04 Å². The van der Waals surface area contributed by atoms with Crippen LogP contribution in [-0.2, 0) is 14.3 Å². The fraction of sp³-hybridized carbons (Fsp3) is 0.929. The van der Waals surface area contributed by atoms with Crippen molar-refractivity contribution in [3.8, 4) is 0 Å². The van der Waals surface area contributed by atoms with Crippen LogP contribution in [0.2, 0.25) is 0 Å². The maximum absolute atomic E-state index is 12.9. The zero-order valence-corrected chi connectivity index (χ0v) is 12.9. The number of hydrogen-bond donors (Lipinski definition) is 3. The molecule has 0 radical (unpaired) electrons. The number of halogens is 2. The number of alkyl halides is 2. The predicted molar refractivity (Wildman–Crippen MR) is 74.6 cm³/mol. The quantitative estimate of drug-likeness (QED) is 0.727. The van der Waals surface area contributed by atoms with Crippen molar-refractivity contribution < 1.29 is 33.3 Å². The maximum Gasteiger partial charge on any atom is 0.377 e. The molecule has 1 saturated heterocycles. The van der Waals surface area contributed by atoms with Gasteiger partial charge in [-0.2, -0.15) is 8.78 Å². The number of carbonyl (C=O) groups is 1. The van der Waals surface area contributed by atoms with Crippen molar-refractivity contribution in [3.05, 3.63) is 0 Å². The van der Waals surface area contributed by atoms with Gasteiger partial charge in [-0.3, -0.25) is 0 Å². The second kappa shape index (κ2) is 7.63. The summed E-state index contributed by atoms with van der Waals surface area (Å²) in [5, 5.41) is 17.3. The molecule has 0 spiro atoms. The van der Waals surface area contributed by atoms with E-state index in [1.807, 2.05) is 0 Å². The lowest BCUT2D eigenvalue weighted by Gasteiger charge is -2.24. The lowest BCUT2D eigenvalue weighted by atomic mass is 9.97. The van der Waals surface area contributed by atoms with Crippen LogP contribution in [0.1, 0.15) is 46.0 Å². The zero-order valence-electron chi connectivity index (χ0n) is 12.9. The van der Waals surface area contributed by atoms with Crippen LogP contribution in [0.3, 0.4) is 0 Å². The van der Waals surface area contributed by atoms with Gasteiger partial charge in [-0.05, 0) is 26.7 Å². The zero-order chi connectivity index (χ0) is 17.0. The summed E-state index contributed by atoms with van der Waals surface area (Å²) in [6.07, 6.45) is 2.90. The highest BCUT2D eigenvalue weighted by Crippen LogP contribution is 2.30. The number of hydrogen-bond acceptors (Lipinski definition) is 5. The van der Waals surface area contributed by atoms with E-state index in [9.17, 15) is 13.6 Å². The molecule has 1 saturated carbocycles. The van der Waals surface area contributed by atoms with Crippen molar-refractivity contribution in [2.24, 2.45) is 5.73 Å².